The average molecular weight is 457 g/mol. The SMILES string of the molecule is COc1ccc(-c2cc3c(c(Nc4ccc(N5CCO[C@H](C)C5)c(C)c4)n2)C(=O)[N]C=C3)cn1. The van der Waals surface area contributed by atoms with Crippen LogP contribution in [-0.2, 0) is 4.74 Å². The van der Waals surface area contributed by atoms with E-state index in [1.54, 1.807) is 19.4 Å². The summed E-state index contributed by atoms with van der Waals surface area (Å²) in [5.74, 6) is 0.676. The summed E-state index contributed by atoms with van der Waals surface area (Å²) in [5, 5.41) is 7.31. The van der Waals surface area contributed by atoms with Gasteiger partial charge in [0, 0.05) is 48.5 Å². The number of anilines is 3. The van der Waals surface area contributed by atoms with Crippen LogP contribution in [0.15, 0.2) is 48.8 Å². The predicted octanol–water partition coefficient (Wildman–Crippen LogP) is 4.16. The molecule has 1 fully saturated rings. The Morgan fingerprint density at radius 2 is 2.09 bits per heavy atom. The van der Waals surface area contributed by atoms with Gasteiger partial charge in [-0.15, -0.1) is 0 Å². The van der Waals surface area contributed by atoms with Crippen molar-refractivity contribution >= 4 is 29.2 Å². The Kier molecular flexibility index (Phi) is 5.90. The largest absolute Gasteiger partial charge is 0.481 e. The van der Waals surface area contributed by atoms with E-state index in [9.17, 15) is 4.79 Å². The molecule has 5 rings (SSSR count). The van der Waals surface area contributed by atoms with Gasteiger partial charge in [0.1, 0.15) is 5.82 Å². The van der Waals surface area contributed by atoms with E-state index in [0.29, 0.717) is 23.0 Å². The maximum Gasteiger partial charge on any atom is 0.281 e. The normalized spacial score (nSPS) is 17.2. The van der Waals surface area contributed by atoms with Crippen LogP contribution in [0.25, 0.3) is 17.3 Å². The Morgan fingerprint density at radius 1 is 1.21 bits per heavy atom. The number of methoxy groups -OCH3 is 1. The highest BCUT2D eigenvalue weighted by molar-refractivity contribution is 6.05. The van der Waals surface area contributed by atoms with Crippen LogP contribution < -0.4 is 20.3 Å². The summed E-state index contributed by atoms with van der Waals surface area (Å²) in [7, 11) is 1.58. The molecule has 0 bridgehead atoms. The van der Waals surface area contributed by atoms with Crippen LogP contribution >= 0.6 is 0 Å². The Morgan fingerprint density at radius 3 is 2.82 bits per heavy atom. The molecule has 1 atom stereocenters. The summed E-state index contributed by atoms with van der Waals surface area (Å²) in [5.41, 5.74) is 5.91. The van der Waals surface area contributed by atoms with Gasteiger partial charge in [-0.25, -0.2) is 15.3 Å². The van der Waals surface area contributed by atoms with E-state index in [2.05, 4.69) is 46.5 Å². The number of nitrogens with zero attached hydrogens (tertiary/aromatic N) is 4. The molecule has 0 unspecified atom stereocenters. The Bertz CT molecular complexity index is 1260. The van der Waals surface area contributed by atoms with Gasteiger partial charge >= 0.3 is 0 Å². The summed E-state index contributed by atoms with van der Waals surface area (Å²) < 4.78 is 10.8. The molecule has 8 heteroatoms. The van der Waals surface area contributed by atoms with Crippen LogP contribution in [0.1, 0.15) is 28.4 Å². The first-order valence-corrected chi connectivity index (χ1v) is 11.2. The minimum absolute atomic E-state index is 0.208. The third kappa shape index (κ3) is 4.32. The van der Waals surface area contributed by atoms with Gasteiger partial charge in [0.05, 0.1) is 31.1 Å². The van der Waals surface area contributed by atoms with Gasteiger partial charge < -0.3 is 19.7 Å². The number of aryl methyl sites for hydroxylation is 1. The van der Waals surface area contributed by atoms with E-state index in [-0.39, 0.29) is 12.0 Å². The molecule has 1 radical (unpaired) electrons. The topological polar surface area (TPSA) is 90.7 Å². The van der Waals surface area contributed by atoms with Gasteiger partial charge in [-0.05, 0) is 61.4 Å². The number of aromatic nitrogens is 2. The second-order valence-electron chi connectivity index (χ2n) is 8.41. The zero-order valence-electron chi connectivity index (χ0n) is 19.4. The molecule has 34 heavy (non-hydrogen) atoms. The number of amides is 1. The Hall–Kier alpha value is -3.91. The highest BCUT2D eigenvalue weighted by Gasteiger charge is 2.23. The van der Waals surface area contributed by atoms with Crippen molar-refractivity contribution in [3.8, 4) is 17.1 Å². The van der Waals surface area contributed by atoms with E-state index >= 15 is 0 Å². The fourth-order valence-electron chi connectivity index (χ4n) is 4.32. The van der Waals surface area contributed by atoms with Crippen molar-refractivity contribution in [2.24, 2.45) is 0 Å². The number of nitrogens with one attached hydrogen (secondary N) is 1. The number of fused-ring (bicyclic) bond motifs is 1. The fourth-order valence-corrected chi connectivity index (χ4v) is 4.32. The predicted molar refractivity (Wildman–Crippen MR) is 132 cm³/mol. The number of carbonyl (C=O) groups excluding carboxylic acids is 1. The summed E-state index contributed by atoms with van der Waals surface area (Å²) in [4.78, 5) is 24.0. The lowest BCUT2D eigenvalue weighted by Gasteiger charge is -2.34. The van der Waals surface area contributed by atoms with E-state index in [4.69, 9.17) is 14.5 Å². The number of ether oxygens (including phenoxy) is 2. The molecule has 2 aliphatic heterocycles. The van der Waals surface area contributed by atoms with E-state index < -0.39 is 0 Å². The van der Waals surface area contributed by atoms with Crippen LogP contribution in [-0.4, -0.2) is 48.8 Å². The minimum Gasteiger partial charge on any atom is -0.481 e. The van der Waals surface area contributed by atoms with Crippen molar-refractivity contribution < 1.29 is 14.3 Å². The summed E-state index contributed by atoms with van der Waals surface area (Å²) in [6, 6.07) is 11.7. The zero-order chi connectivity index (χ0) is 23.7. The van der Waals surface area contributed by atoms with Crippen LogP contribution in [0.2, 0.25) is 0 Å². The molecule has 1 N–H and O–H groups in total. The van der Waals surface area contributed by atoms with Gasteiger partial charge in [0.15, 0.2) is 0 Å². The van der Waals surface area contributed by atoms with Crippen molar-refractivity contribution in [2.75, 3.05) is 37.0 Å². The molecule has 8 nitrogen and oxygen atoms in total. The average Bonchev–Trinajstić information content (AvgIpc) is 2.84. The van der Waals surface area contributed by atoms with Gasteiger partial charge in [-0.3, -0.25) is 4.79 Å². The minimum atomic E-state index is -0.317. The number of benzene rings is 1. The van der Waals surface area contributed by atoms with Crippen LogP contribution in [0, 0.1) is 6.92 Å². The van der Waals surface area contributed by atoms with Crippen molar-refractivity contribution in [1.29, 1.82) is 0 Å². The number of hydrogen-bond acceptors (Lipinski definition) is 7. The van der Waals surface area contributed by atoms with Crippen LogP contribution in [0.5, 0.6) is 5.88 Å². The third-order valence-electron chi connectivity index (χ3n) is 5.99. The van der Waals surface area contributed by atoms with Crippen molar-refractivity contribution in [1.82, 2.24) is 15.3 Å². The maximum atomic E-state index is 12.6. The monoisotopic (exact) mass is 456 g/mol. The van der Waals surface area contributed by atoms with Gasteiger partial charge in [0.25, 0.3) is 5.91 Å². The molecule has 2 aromatic heterocycles. The molecule has 2 aliphatic rings. The standard InChI is InChI=1S/C26H26N5O3/c1-16-12-20(5-6-22(16)31-10-11-34-17(2)15-31)29-25-24-18(8-9-27-26(24)32)13-21(30-25)19-4-7-23(33-3)28-14-19/h4-9,12-14,17H,10-11,15H2,1-3H3,(H,29,30)/t17-/m1/s1. The van der Waals surface area contributed by atoms with Crippen molar-refractivity contribution in [3.63, 3.8) is 0 Å². The quantitative estimate of drug-likeness (QED) is 0.616. The van der Waals surface area contributed by atoms with Crippen LogP contribution in [0.3, 0.4) is 0 Å². The van der Waals surface area contributed by atoms with Gasteiger partial charge in [-0.2, -0.15) is 0 Å². The maximum absolute atomic E-state index is 12.6. The van der Waals surface area contributed by atoms with Crippen molar-refractivity contribution in [2.45, 2.75) is 20.0 Å². The molecule has 4 heterocycles. The molecule has 0 saturated carbocycles. The molecule has 0 spiro atoms. The van der Waals surface area contributed by atoms with Gasteiger partial charge in [0.2, 0.25) is 5.88 Å². The molecular weight excluding hydrogens is 430 g/mol. The number of carbonyl (C=O) groups is 1. The molecule has 1 aromatic carbocycles. The summed E-state index contributed by atoms with van der Waals surface area (Å²) in [6.07, 6.45) is 5.25. The zero-order valence-corrected chi connectivity index (χ0v) is 19.4. The molecule has 3 aromatic rings. The molecular formula is C26H26N5O3. The second kappa shape index (κ2) is 9.15. The number of morpholine rings is 1. The Labute approximate surface area is 198 Å². The van der Waals surface area contributed by atoms with Gasteiger partial charge in [-0.1, -0.05) is 0 Å². The van der Waals surface area contributed by atoms with Crippen molar-refractivity contribution in [3.05, 3.63) is 65.5 Å². The molecule has 0 aliphatic carbocycles. The first-order valence-electron chi connectivity index (χ1n) is 11.2. The molecule has 1 amide bonds. The third-order valence-corrected chi connectivity index (χ3v) is 5.99. The lowest BCUT2D eigenvalue weighted by Crippen LogP contribution is -2.41. The summed E-state index contributed by atoms with van der Waals surface area (Å²) >= 11 is 0. The number of pyridine rings is 2. The van der Waals surface area contributed by atoms with E-state index in [0.717, 1.165) is 42.1 Å². The molecule has 1 saturated heterocycles. The lowest BCUT2D eigenvalue weighted by molar-refractivity contribution is 0.0532. The lowest BCUT2D eigenvalue weighted by atomic mass is 10.0. The van der Waals surface area contributed by atoms with E-state index in [1.165, 1.54) is 11.9 Å². The first-order chi connectivity index (χ1) is 16.5. The fraction of sp³-hybridized carbons (Fsp3) is 0.269. The summed E-state index contributed by atoms with van der Waals surface area (Å²) in [6.45, 7) is 6.64. The highest BCUT2D eigenvalue weighted by Crippen LogP contribution is 2.32. The molecule has 173 valence electrons. The van der Waals surface area contributed by atoms with Crippen LogP contribution in [0.4, 0.5) is 17.2 Å². The number of rotatable bonds is 5. The second-order valence-corrected chi connectivity index (χ2v) is 8.41. The number of hydrogen-bond donors (Lipinski definition) is 1. The Balaban J connectivity index is 1.49. The van der Waals surface area contributed by atoms with E-state index in [1.807, 2.05) is 24.3 Å². The highest BCUT2D eigenvalue weighted by atomic mass is 16.5. The smallest absolute Gasteiger partial charge is 0.281 e. The first kappa shape index (κ1) is 21.9.